The minimum Gasteiger partial charge on any atom is -0.465 e. The first kappa shape index (κ1) is 28.4. The molecule has 1 spiro atoms. The number of fused-ring (bicyclic) bond motifs is 1. The van der Waals surface area contributed by atoms with E-state index in [1.54, 1.807) is 22.0 Å². The number of aliphatic hydroxyl groups excluding tert-OH is 1. The molecule has 2 amide bonds. The van der Waals surface area contributed by atoms with Crippen molar-refractivity contribution in [2.75, 3.05) is 26.3 Å². The molecule has 5 atom stereocenters. The van der Waals surface area contributed by atoms with Gasteiger partial charge in [-0.2, -0.15) is 0 Å². The van der Waals surface area contributed by atoms with Crippen molar-refractivity contribution in [3.63, 3.8) is 0 Å². The molecular formula is C28H44N2O6. The number of amides is 2. The van der Waals surface area contributed by atoms with E-state index in [1.807, 2.05) is 20.8 Å². The Kier molecular flexibility index (Phi) is 9.39. The number of unbranched alkanes of at least 4 members (excludes halogenated alkanes) is 4. The first-order valence-corrected chi connectivity index (χ1v) is 13.4. The largest absolute Gasteiger partial charge is 0.465 e. The maximum Gasteiger partial charge on any atom is 0.312 e. The third-order valence-corrected chi connectivity index (χ3v) is 7.80. The third-order valence-electron chi connectivity index (χ3n) is 7.80. The summed E-state index contributed by atoms with van der Waals surface area (Å²) in [5.41, 5.74) is -1.49. The molecule has 3 aliphatic heterocycles. The van der Waals surface area contributed by atoms with Gasteiger partial charge in [-0.15, -0.1) is 13.2 Å². The van der Waals surface area contributed by atoms with Crippen molar-refractivity contribution in [1.29, 1.82) is 0 Å². The summed E-state index contributed by atoms with van der Waals surface area (Å²) < 4.78 is 12.0. The minimum absolute atomic E-state index is 0.142. The number of likely N-dealkylation sites (tertiary alicyclic amines) is 1. The molecule has 2 bridgehead atoms. The predicted molar refractivity (Wildman–Crippen MR) is 137 cm³/mol. The number of hydrogen-bond acceptors (Lipinski definition) is 6. The lowest BCUT2D eigenvalue weighted by Crippen LogP contribution is -2.59. The first-order chi connectivity index (χ1) is 17.1. The third kappa shape index (κ3) is 5.40. The van der Waals surface area contributed by atoms with E-state index in [2.05, 4.69) is 13.2 Å². The summed E-state index contributed by atoms with van der Waals surface area (Å²) in [4.78, 5) is 44.7. The van der Waals surface area contributed by atoms with E-state index in [-0.39, 0.29) is 25.0 Å². The molecule has 3 saturated heterocycles. The molecule has 0 aliphatic carbocycles. The van der Waals surface area contributed by atoms with Gasteiger partial charge in [0.2, 0.25) is 11.8 Å². The molecule has 8 heteroatoms. The molecule has 0 aromatic rings. The summed E-state index contributed by atoms with van der Waals surface area (Å²) in [7, 11) is 0. The van der Waals surface area contributed by atoms with Crippen LogP contribution in [0.2, 0.25) is 0 Å². The van der Waals surface area contributed by atoms with E-state index in [0.717, 1.165) is 25.7 Å². The normalized spacial score (nSPS) is 28.8. The van der Waals surface area contributed by atoms with Crippen molar-refractivity contribution >= 4 is 17.8 Å². The second-order valence-electron chi connectivity index (χ2n) is 11.2. The van der Waals surface area contributed by atoms with Gasteiger partial charge in [0.1, 0.15) is 11.6 Å². The van der Waals surface area contributed by atoms with Crippen LogP contribution < -0.4 is 0 Å². The summed E-state index contributed by atoms with van der Waals surface area (Å²) in [6.07, 6.45) is 8.82. The number of aliphatic hydroxyl groups is 1. The Labute approximate surface area is 215 Å². The van der Waals surface area contributed by atoms with E-state index < -0.39 is 41.1 Å². The fourth-order valence-corrected chi connectivity index (χ4v) is 6.16. The lowest BCUT2D eigenvalue weighted by Gasteiger charge is -2.42. The zero-order chi connectivity index (χ0) is 26.5. The van der Waals surface area contributed by atoms with Crippen LogP contribution in [-0.2, 0) is 23.9 Å². The van der Waals surface area contributed by atoms with Crippen LogP contribution in [0.4, 0.5) is 0 Å². The van der Waals surface area contributed by atoms with E-state index >= 15 is 0 Å². The maximum atomic E-state index is 14.2. The van der Waals surface area contributed by atoms with Gasteiger partial charge >= 0.3 is 5.97 Å². The molecule has 3 rings (SSSR count). The highest BCUT2D eigenvalue weighted by molar-refractivity contribution is 5.98. The average Bonchev–Trinajstić information content (AvgIpc) is 3.46. The zero-order valence-electron chi connectivity index (χ0n) is 22.2. The Balaban J connectivity index is 1.90. The zero-order valence-corrected chi connectivity index (χ0v) is 22.2. The molecule has 0 aromatic heterocycles. The molecule has 3 aliphatic rings. The van der Waals surface area contributed by atoms with Crippen molar-refractivity contribution in [3.05, 3.63) is 25.3 Å². The summed E-state index contributed by atoms with van der Waals surface area (Å²) in [6.45, 7) is 14.6. The van der Waals surface area contributed by atoms with Crippen molar-refractivity contribution in [3.8, 4) is 0 Å². The van der Waals surface area contributed by atoms with E-state index in [4.69, 9.17) is 14.6 Å². The number of allylic oxidation sites excluding steroid dienone is 1. The van der Waals surface area contributed by atoms with Crippen LogP contribution in [0.5, 0.6) is 0 Å². The molecule has 3 heterocycles. The van der Waals surface area contributed by atoms with Crippen molar-refractivity contribution < 1.29 is 29.0 Å². The second kappa shape index (κ2) is 11.9. The number of rotatable bonds is 14. The van der Waals surface area contributed by atoms with E-state index in [1.165, 1.54) is 0 Å². The Hall–Kier alpha value is -2.19. The highest BCUT2D eigenvalue weighted by Crippen LogP contribution is 2.59. The summed E-state index contributed by atoms with van der Waals surface area (Å²) in [6, 6.07) is -0.782. The molecule has 0 saturated carbocycles. The van der Waals surface area contributed by atoms with Gasteiger partial charge < -0.3 is 24.4 Å². The monoisotopic (exact) mass is 504 g/mol. The molecule has 2 unspecified atom stereocenters. The SMILES string of the molecule is C=CCCCOC(=O)[C@@H]1[C@@H]2CCC3(O2)C(C(=O)N(CC=C)C(C)(C)C)N(CCCCCCO)C(=O)[C@H]13. The highest BCUT2D eigenvalue weighted by Gasteiger charge is 2.75. The van der Waals surface area contributed by atoms with Crippen LogP contribution in [0.3, 0.4) is 0 Å². The smallest absolute Gasteiger partial charge is 0.312 e. The maximum absolute atomic E-state index is 14.2. The molecule has 0 radical (unpaired) electrons. The molecule has 0 aromatic carbocycles. The standard InChI is InChI=1S/C28H44N2O6/c1-6-8-13-19-35-26(34)21-20-14-15-28(36-20)22(21)24(32)29(17-11-9-10-12-18-31)23(28)25(33)30(16-7-2)27(3,4)5/h6-7,20-23,31H,1-2,8-19H2,3-5H3/t20-,21+,22-,23?,28?/m0/s1. The van der Waals surface area contributed by atoms with Gasteiger partial charge in [0.15, 0.2) is 0 Å². The first-order valence-electron chi connectivity index (χ1n) is 13.4. The molecule has 1 N–H and O–H groups in total. The predicted octanol–water partition coefficient (Wildman–Crippen LogP) is 3.24. The van der Waals surface area contributed by atoms with Gasteiger partial charge in [0.05, 0.1) is 24.5 Å². The van der Waals surface area contributed by atoms with E-state index in [9.17, 15) is 14.4 Å². The Morgan fingerprint density at radius 1 is 1.19 bits per heavy atom. The van der Waals surface area contributed by atoms with Crippen LogP contribution >= 0.6 is 0 Å². The number of ether oxygens (including phenoxy) is 2. The summed E-state index contributed by atoms with van der Waals surface area (Å²) in [5.74, 6) is -2.14. The lowest BCUT2D eigenvalue weighted by molar-refractivity contribution is -0.155. The van der Waals surface area contributed by atoms with Gasteiger partial charge in [-0.25, -0.2) is 0 Å². The molecule has 8 nitrogen and oxygen atoms in total. The summed E-state index contributed by atoms with van der Waals surface area (Å²) in [5, 5.41) is 9.09. The summed E-state index contributed by atoms with van der Waals surface area (Å²) >= 11 is 0. The van der Waals surface area contributed by atoms with Crippen molar-refractivity contribution in [2.45, 2.75) is 95.4 Å². The van der Waals surface area contributed by atoms with E-state index in [0.29, 0.717) is 38.8 Å². The second-order valence-corrected chi connectivity index (χ2v) is 11.2. The Bertz CT molecular complexity index is 836. The molecule has 36 heavy (non-hydrogen) atoms. The molecule has 3 fully saturated rings. The average molecular weight is 505 g/mol. The van der Waals surface area contributed by atoms with Crippen LogP contribution in [0.1, 0.15) is 72.1 Å². The fraction of sp³-hybridized carbons (Fsp3) is 0.750. The quantitative estimate of drug-likeness (QED) is 0.222. The van der Waals surface area contributed by atoms with Gasteiger partial charge in [-0.1, -0.05) is 25.0 Å². The van der Waals surface area contributed by atoms with Gasteiger partial charge in [0.25, 0.3) is 0 Å². The molecular weight excluding hydrogens is 460 g/mol. The lowest BCUT2D eigenvalue weighted by atomic mass is 9.70. The van der Waals surface area contributed by atoms with Crippen LogP contribution in [0.25, 0.3) is 0 Å². The van der Waals surface area contributed by atoms with Gasteiger partial charge in [-0.3, -0.25) is 14.4 Å². The van der Waals surface area contributed by atoms with Gasteiger partial charge in [0, 0.05) is 25.2 Å². The van der Waals surface area contributed by atoms with Crippen LogP contribution in [0, 0.1) is 11.8 Å². The molecule has 202 valence electrons. The van der Waals surface area contributed by atoms with Crippen molar-refractivity contribution in [2.24, 2.45) is 11.8 Å². The van der Waals surface area contributed by atoms with Crippen molar-refractivity contribution in [1.82, 2.24) is 9.80 Å². The van der Waals surface area contributed by atoms with Gasteiger partial charge in [-0.05, 0) is 59.3 Å². The topological polar surface area (TPSA) is 96.4 Å². The highest BCUT2D eigenvalue weighted by atomic mass is 16.6. The van der Waals surface area contributed by atoms with Crippen LogP contribution in [-0.4, -0.2) is 82.3 Å². The fourth-order valence-electron chi connectivity index (χ4n) is 6.16. The number of carbonyl (C=O) groups excluding carboxylic acids is 3. The number of nitrogens with zero attached hydrogens (tertiary/aromatic N) is 2. The number of hydrogen-bond donors (Lipinski definition) is 1. The number of carbonyl (C=O) groups is 3. The van der Waals surface area contributed by atoms with Crippen LogP contribution in [0.15, 0.2) is 25.3 Å². The Morgan fingerprint density at radius 2 is 1.92 bits per heavy atom. The number of esters is 1. The Morgan fingerprint density at radius 3 is 2.56 bits per heavy atom. The minimum atomic E-state index is -1.01.